The highest BCUT2D eigenvalue weighted by molar-refractivity contribution is 7.99. The summed E-state index contributed by atoms with van der Waals surface area (Å²) >= 11 is 3.36. The van der Waals surface area contributed by atoms with Gasteiger partial charge in [-0.15, -0.1) is 11.3 Å². The van der Waals surface area contributed by atoms with E-state index in [1.165, 1.54) is 35.7 Å². The molecule has 1 aromatic heterocycles. The van der Waals surface area contributed by atoms with Gasteiger partial charge >= 0.3 is 5.97 Å². The Kier molecular flexibility index (Phi) is 4.26. The molecule has 5 heteroatoms. The molecule has 0 bridgehead atoms. The average molecular weight is 257 g/mol. The molecule has 1 fully saturated rings. The van der Waals surface area contributed by atoms with Crippen LogP contribution in [0.15, 0.2) is 12.1 Å². The summed E-state index contributed by atoms with van der Waals surface area (Å²) < 4.78 is 0. The minimum absolute atomic E-state index is 0.426. The summed E-state index contributed by atoms with van der Waals surface area (Å²) in [5.74, 6) is 1.63. The molecular weight excluding hydrogens is 242 g/mol. The zero-order valence-electron chi connectivity index (χ0n) is 8.94. The third-order valence-electron chi connectivity index (χ3n) is 2.60. The van der Waals surface area contributed by atoms with Crippen LogP contribution >= 0.6 is 23.1 Å². The Balaban J connectivity index is 1.81. The van der Waals surface area contributed by atoms with E-state index in [1.807, 2.05) is 17.8 Å². The number of aromatic carboxylic acids is 1. The van der Waals surface area contributed by atoms with Gasteiger partial charge in [0.05, 0.1) is 0 Å². The molecule has 1 unspecified atom stereocenters. The van der Waals surface area contributed by atoms with Gasteiger partial charge < -0.3 is 10.4 Å². The van der Waals surface area contributed by atoms with Crippen molar-refractivity contribution in [3.63, 3.8) is 0 Å². The molecule has 3 nitrogen and oxygen atoms in total. The number of rotatable bonds is 4. The smallest absolute Gasteiger partial charge is 0.345 e. The lowest BCUT2D eigenvalue weighted by Crippen LogP contribution is -2.32. The van der Waals surface area contributed by atoms with Crippen LogP contribution in [0.4, 0.5) is 0 Å². The van der Waals surface area contributed by atoms with E-state index in [1.54, 1.807) is 6.07 Å². The van der Waals surface area contributed by atoms with Crippen molar-refractivity contribution in [1.82, 2.24) is 5.32 Å². The summed E-state index contributed by atoms with van der Waals surface area (Å²) in [4.78, 5) is 12.2. The fraction of sp³-hybridized carbons (Fsp3) is 0.545. The van der Waals surface area contributed by atoms with Crippen molar-refractivity contribution >= 4 is 29.1 Å². The monoisotopic (exact) mass is 257 g/mol. The molecule has 1 aliphatic heterocycles. The van der Waals surface area contributed by atoms with E-state index in [0.29, 0.717) is 10.9 Å². The second-order valence-corrected chi connectivity index (χ2v) is 6.18. The van der Waals surface area contributed by atoms with Crippen molar-refractivity contribution in [2.75, 3.05) is 11.5 Å². The van der Waals surface area contributed by atoms with E-state index < -0.39 is 5.97 Å². The summed E-state index contributed by atoms with van der Waals surface area (Å²) in [6.45, 7) is 0.795. The topological polar surface area (TPSA) is 49.3 Å². The van der Waals surface area contributed by atoms with Crippen LogP contribution in [0.3, 0.4) is 0 Å². The van der Waals surface area contributed by atoms with Crippen molar-refractivity contribution in [3.05, 3.63) is 21.9 Å². The predicted octanol–water partition coefficient (Wildman–Crippen LogP) is 2.43. The molecule has 0 aliphatic carbocycles. The first-order valence-corrected chi connectivity index (χ1v) is 7.36. The number of carboxylic acids is 1. The van der Waals surface area contributed by atoms with Crippen molar-refractivity contribution in [2.45, 2.75) is 25.4 Å². The van der Waals surface area contributed by atoms with Crippen LogP contribution in [0.5, 0.6) is 0 Å². The first-order chi connectivity index (χ1) is 7.75. The number of thiophene rings is 1. The van der Waals surface area contributed by atoms with Crippen LogP contribution in [0.25, 0.3) is 0 Å². The summed E-state index contributed by atoms with van der Waals surface area (Å²) in [5.41, 5.74) is 0. The molecule has 16 heavy (non-hydrogen) atoms. The van der Waals surface area contributed by atoms with Gasteiger partial charge in [0.25, 0.3) is 0 Å². The van der Waals surface area contributed by atoms with Crippen molar-refractivity contribution < 1.29 is 9.90 Å². The Morgan fingerprint density at radius 2 is 2.44 bits per heavy atom. The molecule has 0 radical (unpaired) electrons. The number of thioether (sulfide) groups is 1. The SMILES string of the molecule is O=C(O)c1ccc(CNC2CCCSC2)s1. The van der Waals surface area contributed by atoms with Crippen molar-refractivity contribution in [3.8, 4) is 0 Å². The van der Waals surface area contributed by atoms with E-state index in [-0.39, 0.29) is 0 Å². The van der Waals surface area contributed by atoms with Crippen molar-refractivity contribution in [2.24, 2.45) is 0 Å². The normalized spacial score (nSPS) is 20.9. The third kappa shape index (κ3) is 3.23. The second-order valence-electron chi connectivity index (χ2n) is 3.87. The zero-order valence-corrected chi connectivity index (χ0v) is 10.6. The predicted molar refractivity (Wildman–Crippen MR) is 68.5 cm³/mol. The maximum absolute atomic E-state index is 10.7. The van der Waals surface area contributed by atoms with Crippen LogP contribution in [-0.4, -0.2) is 28.6 Å². The lowest BCUT2D eigenvalue weighted by molar-refractivity contribution is 0.0702. The molecule has 2 rings (SSSR count). The summed E-state index contributed by atoms with van der Waals surface area (Å²) in [5, 5.41) is 12.3. The highest BCUT2D eigenvalue weighted by Crippen LogP contribution is 2.19. The molecule has 0 spiro atoms. The Labute approximate surface area is 103 Å². The standard InChI is InChI=1S/C11H15NO2S2/c13-11(14)10-4-3-9(16-10)6-12-8-2-1-5-15-7-8/h3-4,8,12H,1-2,5-7H2,(H,13,14). The average Bonchev–Trinajstić information content (AvgIpc) is 2.76. The maximum atomic E-state index is 10.7. The molecule has 0 saturated carbocycles. The molecule has 1 saturated heterocycles. The molecular formula is C11H15NO2S2. The molecule has 0 aromatic carbocycles. The molecule has 1 atom stereocenters. The summed E-state index contributed by atoms with van der Waals surface area (Å²) in [6, 6.07) is 4.17. The van der Waals surface area contributed by atoms with E-state index in [4.69, 9.17) is 5.11 Å². The highest BCUT2D eigenvalue weighted by Gasteiger charge is 2.13. The van der Waals surface area contributed by atoms with Gasteiger partial charge in [0.15, 0.2) is 0 Å². The minimum atomic E-state index is -0.829. The van der Waals surface area contributed by atoms with Crippen LogP contribution < -0.4 is 5.32 Å². The first kappa shape index (κ1) is 12.0. The quantitative estimate of drug-likeness (QED) is 0.870. The van der Waals surface area contributed by atoms with E-state index >= 15 is 0 Å². The minimum Gasteiger partial charge on any atom is -0.477 e. The van der Waals surface area contributed by atoms with Crippen molar-refractivity contribution in [1.29, 1.82) is 0 Å². The highest BCUT2D eigenvalue weighted by atomic mass is 32.2. The van der Waals surface area contributed by atoms with Crippen LogP contribution in [-0.2, 0) is 6.54 Å². The van der Waals surface area contributed by atoms with Crippen LogP contribution in [0.2, 0.25) is 0 Å². The van der Waals surface area contributed by atoms with Gasteiger partial charge in [0.2, 0.25) is 0 Å². The molecule has 2 heterocycles. The molecule has 1 aromatic rings. The number of hydrogen-bond acceptors (Lipinski definition) is 4. The van der Waals surface area contributed by atoms with E-state index in [2.05, 4.69) is 5.32 Å². The number of hydrogen-bond donors (Lipinski definition) is 2. The van der Waals surface area contributed by atoms with Gasteiger partial charge in [0.1, 0.15) is 4.88 Å². The zero-order chi connectivity index (χ0) is 11.4. The van der Waals surface area contributed by atoms with Gasteiger partial charge in [-0.3, -0.25) is 0 Å². The lowest BCUT2D eigenvalue weighted by Gasteiger charge is -2.22. The summed E-state index contributed by atoms with van der Waals surface area (Å²) in [7, 11) is 0. The second kappa shape index (κ2) is 5.70. The van der Waals surface area contributed by atoms with Gasteiger partial charge in [-0.1, -0.05) is 0 Å². The number of carboxylic acid groups (broad SMARTS) is 1. The molecule has 0 amide bonds. The van der Waals surface area contributed by atoms with Gasteiger partial charge in [-0.25, -0.2) is 4.79 Å². The van der Waals surface area contributed by atoms with Crippen LogP contribution in [0.1, 0.15) is 27.4 Å². The maximum Gasteiger partial charge on any atom is 0.345 e. The first-order valence-electron chi connectivity index (χ1n) is 5.39. The van der Waals surface area contributed by atoms with E-state index in [0.717, 1.165) is 11.4 Å². The largest absolute Gasteiger partial charge is 0.477 e. The molecule has 88 valence electrons. The Morgan fingerprint density at radius 3 is 3.06 bits per heavy atom. The fourth-order valence-electron chi connectivity index (χ4n) is 1.73. The number of carbonyl (C=O) groups is 1. The fourth-order valence-corrected chi connectivity index (χ4v) is 3.64. The Bertz CT molecular complexity index is 359. The van der Waals surface area contributed by atoms with Gasteiger partial charge in [-0.2, -0.15) is 11.8 Å². The van der Waals surface area contributed by atoms with Gasteiger partial charge in [-0.05, 0) is 30.7 Å². The van der Waals surface area contributed by atoms with Crippen LogP contribution in [0, 0.1) is 0 Å². The summed E-state index contributed by atoms with van der Waals surface area (Å²) in [6.07, 6.45) is 2.53. The molecule has 1 aliphatic rings. The van der Waals surface area contributed by atoms with Gasteiger partial charge in [0, 0.05) is 23.2 Å². The van der Waals surface area contributed by atoms with E-state index in [9.17, 15) is 4.79 Å². The lowest BCUT2D eigenvalue weighted by atomic mass is 10.2. The Morgan fingerprint density at radius 1 is 1.56 bits per heavy atom. The molecule has 2 N–H and O–H groups in total. The number of nitrogens with one attached hydrogen (secondary N) is 1. The Hall–Kier alpha value is -0.520. The third-order valence-corrected chi connectivity index (χ3v) is 4.89.